The molecule has 0 heterocycles. The van der Waals surface area contributed by atoms with E-state index in [0.29, 0.717) is 5.92 Å². The van der Waals surface area contributed by atoms with Crippen molar-refractivity contribution in [3.63, 3.8) is 0 Å². The van der Waals surface area contributed by atoms with Gasteiger partial charge in [0.15, 0.2) is 0 Å². The molecule has 4 nitrogen and oxygen atoms in total. The summed E-state index contributed by atoms with van der Waals surface area (Å²) in [5, 5.41) is 12.8. The normalized spacial score (nSPS) is 26.9. The van der Waals surface area contributed by atoms with Crippen LogP contribution in [0.3, 0.4) is 0 Å². The van der Waals surface area contributed by atoms with Gasteiger partial charge in [0.05, 0.1) is 6.07 Å². The van der Waals surface area contributed by atoms with Crippen LogP contribution in [0.5, 0.6) is 0 Å². The molecule has 0 bridgehead atoms. The van der Waals surface area contributed by atoms with E-state index in [4.69, 9.17) is 5.26 Å². The Balaban J connectivity index is 1.96. The van der Waals surface area contributed by atoms with Crippen LogP contribution in [-0.4, -0.2) is 11.6 Å². The van der Waals surface area contributed by atoms with Crippen molar-refractivity contribution in [3.8, 4) is 6.07 Å². The van der Waals surface area contributed by atoms with Crippen LogP contribution in [0.1, 0.15) is 64.2 Å². The third-order valence-corrected chi connectivity index (χ3v) is 4.41. The Morgan fingerprint density at radius 1 is 1.21 bits per heavy atom. The first kappa shape index (κ1) is 14.0. The predicted octanol–water partition coefficient (Wildman–Crippen LogP) is 3.14. The standard InChI is InChI=1S/C15H23N3O/c16-11-10-15(19)18-17-14-9-5-4-8-13(14)12-6-2-1-3-7-12/h12-13H,1-10H2,(H,18,19)/t13-/m1/s1. The van der Waals surface area contributed by atoms with Crippen LogP contribution in [0.15, 0.2) is 5.10 Å². The lowest BCUT2D eigenvalue weighted by atomic mass is 9.72. The van der Waals surface area contributed by atoms with E-state index in [1.807, 2.05) is 6.07 Å². The molecule has 0 unspecified atom stereocenters. The molecule has 2 rings (SSSR count). The summed E-state index contributed by atoms with van der Waals surface area (Å²) < 4.78 is 0. The van der Waals surface area contributed by atoms with Crippen LogP contribution in [0.4, 0.5) is 0 Å². The number of amides is 1. The molecule has 1 amide bonds. The molecule has 0 aliphatic heterocycles. The van der Waals surface area contributed by atoms with Gasteiger partial charge in [-0.2, -0.15) is 10.4 Å². The molecular weight excluding hydrogens is 238 g/mol. The second kappa shape index (κ2) is 7.28. The monoisotopic (exact) mass is 261 g/mol. The zero-order chi connectivity index (χ0) is 13.5. The second-order valence-electron chi connectivity index (χ2n) is 5.72. The van der Waals surface area contributed by atoms with Gasteiger partial charge in [-0.15, -0.1) is 0 Å². The molecule has 2 saturated carbocycles. The minimum absolute atomic E-state index is 0.106. The van der Waals surface area contributed by atoms with Gasteiger partial charge in [0.1, 0.15) is 6.42 Å². The Bertz CT molecular complexity index is 377. The SMILES string of the molecule is N#CCC(=O)NN=C1CCCC[C@@H]1C1CCCCC1. The number of hydrazone groups is 1. The number of rotatable bonds is 3. The molecule has 19 heavy (non-hydrogen) atoms. The number of carbonyl (C=O) groups is 1. The number of nitriles is 1. The Morgan fingerprint density at radius 3 is 2.68 bits per heavy atom. The number of carbonyl (C=O) groups excluding carboxylic acids is 1. The summed E-state index contributed by atoms with van der Waals surface area (Å²) in [7, 11) is 0. The van der Waals surface area contributed by atoms with E-state index in [2.05, 4.69) is 10.5 Å². The highest BCUT2D eigenvalue weighted by atomic mass is 16.2. The second-order valence-corrected chi connectivity index (χ2v) is 5.72. The first-order chi connectivity index (χ1) is 9.31. The van der Waals surface area contributed by atoms with Gasteiger partial charge in [0, 0.05) is 11.6 Å². The van der Waals surface area contributed by atoms with Gasteiger partial charge in [-0.3, -0.25) is 4.79 Å². The first-order valence-electron chi connectivity index (χ1n) is 7.53. The van der Waals surface area contributed by atoms with E-state index in [0.717, 1.165) is 12.3 Å². The summed E-state index contributed by atoms with van der Waals surface area (Å²) in [6, 6.07) is 1.85. The molecule has 2 aliphatic carbocycles. The summed E-state index contributed by atoms with van der Waals surface area (Å²) in [5.41, 5.74) is 3.72. The molecule has 104 valence electrons. The van der Waals surface area contributed by atoms with Crippen LogP contribution in [-0.2, 0) is 4.79 Å². The summed E-state index contributed by atoms with van der Waals surface area (Å²) in [6.07, 6.45) is 11.3. The molecule has 1 atom stereocenters. The minimum Gasteiger partial charge on any atom is -0.272 e. The molecule has 2 fully saturated rings. The molecular formula is C15H23N3O. The molecule has 0 saturated heterocycles. The fraction of sp³-hybridized carbons (Fsp3) is 0.800. The Labute approximate surface area is 115 Å². The number of nitrogens with zero attached hydrogens (tertiary/aromatic N) is 2. The number of hydrogen-bond donors (Lipinski definition) is 1. The fourth-order valence-corrected chi connectivity index (χ4v) is 3.45. The average molecular weight is 261 g/mol. The zero-order valence-electron chi connectivity index (χ0n) is 11.5. The third kappa shape index (κ3) is 4.05. The number of nitrogens with one attached hydrogen (secondary N) is 1. The molecule has 2 aliphatic rings. The molecule has 0 aromatic heterocycles. The molecule has 0 radical (unpaired) electrons. The van der Waals surface area contributed by atoms with Crippen LogP contribution in [0.25, 0.3) is 0 Å². The highest BCUT2D eigenvalue weighted by Gasteiger charge is 2.29. The van der Waals surface area contributed by atoms with E-state index >= 15 is 0 Å². The maximum Gasteiger partial charge on any atom is 0.254 e. The van der Waals surface area contributed by atoms with Gasteiger partial charge in [0.25, 0.3) is 5.91 Å². The van der Waals surface area contributed by atoms with Crippen molar-refractivity contribution >= 4 is 11.6 Å². The maximum absolute atomic E-state index is 11.3. The fourth-order valence-electron chi connectivity index (χ4n) is 3.45. The van der Waals surface area contributed by atoms with E-state index in [1.165, 1.54) is 57.1 Å². The largest absolute Gasteiger partial charge is 0.272 e. The van der Waals surface area contributed by atoms with Gasteiger partial charge in [0.2, 0.25) is 0 Å². The van der Waals surface area contributed by atoms with E-state index in [-0.39, 0.29) is 12.3 Å². The molecule has 4 heteroatoms. The molecule has 0 aromatic rings. The van der Waals surface area contributed by atoms with Gasteiger partial charge >= 0.3 is 0 Å². The lowest BCUT2D eigenvalue weighted by Gasteiger charge is -2.33. The molecule has 1 N–H and O–H groups in total. The Kier molecular flexibility index (Phi) is 5.38. The van der Waals surface area contributed by atoms with E-state index in [1.54, 1.807) is 0 Å². The van der Waals surface area contributed by atoms with Gasteiger partial charge in [-0.05, 0) is 38.0 Å². The third-order valence-electron chi connectivity index (χ3n) is 4.41. The molecule has 0 spiro atoms. The summed E-state index contributed by atoms with van der Waals surface area (Å²) >= 11 is 0. The van der Waals surface area contributed by atoms with Crippen LogP contribution in [0.2, 0.25) is 0 Å². The van der Waals surface area contributed by atoms with Gasteiger partial charge in [-0.25, -0.2) is 5.43 Å². The van der Waals surface area contributed by atoms with Crippen molar-refractivity contribution in [2.24, 2.45) is 16.9 Å². The van der Waals surface area contributed by atoms with Crippen molar-refractivity contribution in [2.45, 2.75) is 64.2 Å². The number of hydrogen-bond acceptors (Lipinski definition) is 3. The smallest absolute Gasteiger partial charge is 0.254 e. The maximum atomic E-state index is 11.3. The summed E-state index contributed by atoms with van der Waals surface area (Å²) in [4.78, 5) is 11.3. The lowest BCUT2D eigenvalue weighted by molar-refractivity contribution is -0.120. The summed E-state index contributed by atoms with van der Waals surface area (Å²) in [6.45, 7) is 0. The lowest BCUT2D eigenvalue weighted by Crippen LogP contribution is -2.31. The highest BCUT2D eigenvalue weighted by Crippen LogP contribution is 2.36. The van der Waals surface area contributed by atoms with Crippen LogP contribution in [0, 0.1) is 23.2 Å². The van der Waals surface area contributed by atoms with Crippen LogP contribution < -0.4 is 5.43 Å². The van der Waals surface area contributed by atoms with Crippen LogP contribution >= 0.6 is 0 Å². The average Bonchev–Trinajstić information content (AvgIpc) is 2.47. The zero-order valence-corrected chi connectivity index (χ0v) is 11.5. The first-order valence-corrected chi connectivity index (χ1v) is 7.53. The summed E-state index contributed by atoms with van der Waals surface area (Å²) in [5.74, 6) is 1.04. The molecule has 0 aromatic carbocycles. The highest BCUT2D eigenvalue weighted by molar-refractivity contribution is 5.89. The quantitative estimate of drug-likeness (QED) is 0.793. The Hall–Kier alpha value is -1.37. The topological polar surface area (TPSA) is 65.2 Å². The minimum atomic E-state index is -0.289. The van der Waals surface area contributed by atoms with Gasteiger partial charge < -0.3 is 0 Å². The van der Waals surface area contributed by atoms with Crippen molar-refractivity contribution in [1.29, 1.82) is 5.26 Å². The van der Waals surface area contributed by atoms with E-state index in [9.17, 15) is 4.79 Å². The predicted molar refractivity (Wildman–Crippen MR) is 74.3 cm³/mol. The van der Waals surface area contributed by atoms with Crippen molar-refractivity contribution in [2.75, 3.05) is 0 Å². The van der Waals surface area contributed by atoms with Gasteiger partial charge in [-0.1, -0.05) is 25.7 Å². The van der Waals surface area contributed by atoms with Crippen molar-refractivity contribution < 1.29 is 4.79 Å². The Morgan fingerprint density at radius 2 is 1.95 bits per heavy atom. The van der Waals surface area contributed by atoms with Crippen molar-refractivity contribution in [3.05, 3.63) is 0 Å². The van der Waals surface area contributed by atoms with Crippen molar-refractivity contribution in [1.82, 2.24) is 5.43 Å². The van der Waals surface area contributed by atoms with E-state index < -0.39 is 0 Å².